The van der Waals surface area contributed by atoms with Gasteiger partial charge in [0.1, 0.15) is 4.90 Å². The van der Waals surface area contributed by atoms with Crippen LogP contribution in [0.3, 0.4) is 0 Å². The molecule has 1 amide bonds. The van der Waals surface area contributed by atoms with E-state index in [0.29, 0.717) is 23.5 Å². The molecule has 9 heteroatoms. The minimum Gasteiger partial charge on any atom is -0.319 e. The summed E-state index contributed by atoms with van der Waals surface area (Å²) in [5, 5.41) is 0.0679. The summed E-state index contributed by atoms with van der Waals surface area (Å²) in [7, 11) is -2.09. The lowest BCUT2D eigenvalue weighted by atomic mass is 10.2. The van der Waals surface area contributed by atoms with Gasteiger partial charge in [-0.1, -0.05) is 53.3 Å². The lowest BCUT2D eigenvalue weighted by Crippen LogP contribution is -2.29. The van der Waals surface area contributed by atoms with Gasteiger partial charge in [0.2, 0.25) is 0 Å². The molecule has 1 aliphatic rings. The van der Waals surface area contributed by atoms with Crippen molar-refractivity contribution in [1.29, 1.82) is 0 Å². The largest absolute Gasteiger partial charge is 0.319 e. The molecule has 0 fully saturated rings. The van der Waals surface area contributed by atoms with Crippen LogP contribution in [0.2, 0.25) is 5.02 Å². The van der Waals surface area contributed by atoms with Crippen molar-refractivity contribution in [1.82, 2.24) is 4.57 Å². The summed E-state index contributed by atoms with van der Waals surface area (Å²) in [6.45, 7) is 0.332. The second-order valence-corrected chi connectivity index (χ2v) is 10.7. The lowest BCUT2D eigenvalue weighted by Gasteiger charge is -2.20. The summed E-state index contributed by atoms with van der Waals surface area (Å²) >= 11 is 7.68. The van der Waals surface area contributed by atoms with Gasteiger partial charge in [0.25, 0.3) is 15.9 Å². The molecule has 0 saturated carbocycles. The van der Waals surface area contributed by atoms with Gasteiger partial charge < -0.3 is 4.57 Å². The first-order valence-electron chi connectivity index (χ1n) is 9.90. The van der Waals surface area contributed by atoms with Gasteiger partial charge in [-0.3, -0.25) is 9.10 Å². The van der Waals surface area contributed by atoms with Crippen LogP contribution in [-0.4, -0.2) is 25.4 Å². The van der Waals surface area contributed by atoms with Crippen molar-refractivity contribution in [2.24, 2.45) is 12.0 Å². The molecule has 0 N–H and O–H groups in total. The summed E-state index contributed by atoms with van der Waals surface area (Å²) in [5.41, 5.74) is 2.74. The highest BCUT2D eigenvalue weighted by Crippen LogP contribution is 2.35. The molecule has 162 valence electrons. The molecule has 0 spiro atoms. The van der Waals surface area contributed by atoms with Crippen LogP contribution in [0.15, 0.2) is 76.6 Å². The first kappa shape index (κ1) is 20.9. The quantitative estimate of drug-likeness (QED) is 0.434. The first-order valence-corrected chi connectivity index (χ1v) is 12.5. The number of thiazole rings is 1. The van der Waals surface area contributed by atoms with Crippen molar-refractivity contribution in [3.63, 3.8) is 0 Å². The minimum absolute atomic E-state index is 0.0679. The van der Waals surface area contributed by atoms with E-state index in [-0.39, 0.29) is 15.5 Å². The third-order valence-corrected chi connectivity index (χ3v) is 8.91. The first-order chi connectivity index (χ1) is 15.4. The monoisotopic (exact) mass is 483 g/mol. The van der Waals surface area contributed by atoms with E-state index < -0.39 is 15.9 Å². The summed E-state index contributed by atoms with van der Waals surface area (Å²) in [6, 6.07) is 19.4. The average molecular weight is 484 g/mol. The van der Waals surface area contributed by atoms with Gasteiger partial charge >= 0.3 is 0 Å². The Balaban J connectivity index is 1.55. The Morgan fingerprint density at radius 2 is 1.81 bits per heavy atom. The van der Waals surface area contributed by atoms with Crippen molar-refractivity contribution < 1.29 is 13.2 Å². The highest BCUT2D eigenvalue weighted by molar-refractivity contribution is 7.93. The fraction of sp³-hybridized carbons (Fsp3) is 0.130. The number of carbonyl (C=O) groups excluding carboxylic acids is 1. The van der Waals surface area contributed by atoms with Crippen LogP contribution in [0.5, 0.6) is 0 Å². The number of fused-ring (bicyclic) bond motifs is 2. The van der Waals surface area contributed by atoms with Gasteiger partial charge in [0.05, 0.1) is 20.9 Å². The molecular weight excluding hydrogens is 466 g/mol. The van der Waals surface area contributed by atoms with Gasteiger partial charge in [0, 0.05) is 19.2 Å². The molecule has 32 heavy (non-hydrogen) atoms. The SMILES string of the molecule is Cn1c(=NC(=O)c2ccc(Cl)c(S(=O)(=O)N3CCc4ccccc43)c2)sc2ccccc21. The van der Waals surface area contributed by atoms with Gasteiger partial charge in [-0.25, -0.2) is 8.42 Å². The molecule has 6 nitrogen and oxygen atoms in total. The molecular formula is C23H18ClN3O3S2. The summed E-state index contributed by atoms with van der Waals surface area (Å²) in [6.07, 6.45) is 0.628. The van der Waals surface area contributed by atoms with Crippen molar-refractivity contribution in [2.75, 3.05) is 10.8 Å². The van der Waals surface area contributed by atoms with Crippen LogP contribution in [-0.2, 0) is 23.5 Å². The summed E-state index contributed by atoms with van der Waals surface area (Å²) in [4.78, 5) is 17.6. The average Bonchev–Trinajstić information content (AvgIpc) is 3.36. The van der Waals surface area contributed by atoms with Gasteiger partial charge in [0.15, 0.2) is 4.80 Å². The fourth-order valence-corrected chi connectivity index (χ4v) is 6.87. The van der Waals surface area contributed by atoms with E-state index in [1.54, 1.807) is 12.1 Å². The Bertz CT molecular complexity index is 1550. The number of benzene rings is 3. The predicted octanol–water partition coefficient (Wildman–Crippen LogP) is 4.39. The smallest absolute Gasteiger partial charge is 0.279 e. The number of hydrogen-bond donors (Lipinski definition) is 0. The molecule has 1 aromatic heterocycles. The van der Waals surface area contributed by atoms with E-state index in [4.69, 9.17) is 11.6 Å². The molecule has 0 saturated heterocycles. The van der Waals surface area contributed by atoms with E-state index in [2.05, 4.69) is 4.99 Å². The second-order valence-electron chi connectivity index (χ2n) is 7.43. The van der Waals surface area contributed by atoms with Crippen molar-refractivity contribution >= 4 is 54.8 Å². The lowest BCUT2D eigenvalue weighted by molar-refractivity contribution is 0.0997. The number of rotatable bonds is 3. The zero-order valence-corrected chi connectivity index (χ0v) is 19.4. The predicted molar refractivity (Wildman–Crippen MR) is 127 cm³/mol. The number of amides is 1. The third-order valence-electron chi connectivity index (χ3n) is 5.50. The maximum absolute atomic E-state index is 13.4. The van der Waals surface area contributed by atoms with E-state index in [9.17, 15) is 13.2 Å². The standard InChI is InChI=1S/C23H18ClN3O3S2/c1-26-19-8-4-5-9-20(19)31-23(26)25-22(28)16-10-11-17(24)21(14-16)32(29,30)27-13-12-15-6-2-3-7-18(15)27/h2-11,14H,12-13H2,1H3. The number of sulfonamides is 1. The molecule has 1 aliphatic heterocycles. The van der Waals surface area contributed by atoms with Crippen LogP contribution in [0, 0.1) is 0 Å². The Labute approximate surface area is 194 Å². The number of anilines is 1. The van der Waals surface area contributed by atoms with Crippen LogP contribution < -0.4 is 9.11 Å². The van der Waals surface area contributed by atoms with E-state index in [1.807, 2.05) is 48.0 Å². The molecule has 4 aromatic rings. The Morgan fingerprint density at radius 3 is 2.62 bits per heavy atom. The number of aromatic nitrogens is 1. The Morgan fingerprint density at radius 1 is 1.06 bits per heavy atom. The number of aryl methyl sites for hydroxylation is 1. The highest BCUT2D eigenvalue weighted by Gasteiger charge is 2.32. The minimum atomic E-state index is -3.94. The molecule has 0 unspecified atom stereocenters. The normalized spacial score (nSPS) is 14.2. The van der Waals surface area contributed by atoms with Crippen LogP contribution in [0.25, 0.3) is 10.2 Å². The van der Waals surface area contributed by atoms with Crippen LogP contribution >= 0.6 is 22.9 Å². The number of carbonyl (C=O) groups is 1. The summed E-state index contributed by atoms with van der Waals surface area (Å²) < 4.78 is 31.0. The number of nitrogens with zero attached hydrogens (tertiary/aromatic N) is 3. The fourth-order valence-electron chi connectivity index (χ4n) is 3.85. The molecule has 0 atom stereocenters. The Hall–Kier alpha value is -2.94. The van der Waals surface area contributed by atoms with E-state index in [0.717, 1.165) is 15.8 Å². The molecule has 2 heterocycles. The molecule has 0 bridgehead atoms. The molecule has 0 aliphatic carbocycles. The second kappa shape index (κ2) is 7.88. The topological polar surface area (TPSA) is 71.7 Å². The van der Waals surface area contributed by atoms with Gasteiger partial charge in [-0.2, -0.15) is 4.99 Å². The maximum Gasteiger partial charge on any atom is 0.279 e. The van der Waals surface area contributed by atoms with Gasteiger partial charge in [-0.15, -0.1) is 0 Å². The van der Waals surface area contributed by atoms with E-state index >= 15 is 0 Å². The molecule has 0 radical (unpaired) electrons. The molecule has 5 rings (SSSR count). The number of para-hydroxylation sites is 2. The maximum atomic E-state index is 13.4. The number of halogens is 1. The number of hydrogen-bond acceptors (Lipinski definition) is 4. The van der Waals surface area contributed by atoms with Crippen LogP contribution in [0.4, 0.5) is 5.69 Å². The van der Waals surface area contributed by atoms with Crippen molar-refractivity contribution in [3.05, 3.63) is 87.7 Å². The van der Waals surface area contributed by atoms with Crippen molar-refractivity contribution in [2.45, 2.75) is 11.3 Å². The summed E-state index contributed by atoms with van der Waals surface area (Å²) in [5.74, 6) is -0.526. The third kappa shape index (κ3) is 3.44. The zero-order valence-electron chi connectivity index (χ0n) is 17.0. The van der Waals surface area contributed by atoms with Crippen LogP contribution in [0.1, 0.15) is 15.9 Å². The highest BCUT2D eigenvalue weighted by atomic mass is 35.5. The van der Waals surface area contributed by atoms with E-state index in [1.165, 1.54) is 33.8 Å². The Kier molecular flexibility index (Phi) is 5.16. The van der Waals surface area contributed by atoms with Crippen molar-refractivity contribution in [3.8, 4) is 0 Å². The molecule has 3 aromatic carbocycles. The zero-order chi connectivity index (χ0) is 22.5. The van der Waals surface area contributed by atoms with Gasteiger partial charge in [-0.05, 0) is 48.4 Å².